The van der Waals surface area contributed by atoms with Crippen LogP contribution in [0.5, 0.6) is 5.75 Å². The molecule has 3 aromatic rings. The maximum Gasteiger partial charge on any atom is 0.251 e. The second-order valence-electron chi connectivity index (χ2n) is 15.9. The second kappa shape index (κ2) is 15.6. The number of fused-ring (bicyclic) bond motifs is 2. The van der Waals surface area contributed by atoms with Crippen LogP contribution in [-0.2, 0) is 22.7 Å². The average Bonchev–Trinajstić information content (AvgIpc) is 3.49. The number of hydroxylamine groups is 2. The molecular weight excluding hydrogens is 654 g/mol. The Morgan fingerprint density at radius 3 is 2.46 bits per heavy atom. The first-order valence-corrected chi connectivity index (χ1v) is 18.7. The zero-order valence-corrected chi connectivity index (χ0v) is 32.0. The summed E-state index contributed by atoms with van der Waals surface area (Å²) >= 11 is 0. The maximum absolute atomic E-state index is 14.5. The summed E-state index contributed by atoms with van der Waals surface area (Å²) in [7, 11) is 7.15. The molecule has 0 unspecified atom stereocenters. The van der Waals surface area contributed by atoms with Crippen molar-refractivity contribution < 1.29 is 24.3 Å². The molecule has 3 saturated carbocycles. The Bertz CT molecular complexity index is 1730. The van der Waals surface area contributed by atoms with Gasteiger partial charge in [-0.2, -0.15) is 5.06 Å². The second-order valence-corrected chi connectivity index (χ2v) is 15.9. The molecule has 52 heavy (non-hydrogen) atoms. The van der Waals surface area contributed by atoms with Crippen LogP contribution >= 0.6 is 0 Å². The van der Waals surface area contributed by atoms with Crippen molar-refractivity contribution in [3.63, 3.8) is 0 Å². The minimum absolute atomic E-state index is 0.0763. The highest BCUT2D eigenvalue weighted by Crippen LogP contribution is 2.61. The monoisotopic (exact) mass is 711 g/mol. The smallest absolute Gasteiger partial charge is 0.251 e. The van der Waals surface area contributed by atoms with Crippen LogP contribution in [0.2, 0.25) is 0 Å². The molecule has 10 heteroatoms. The number of carbonyl (C=O) groups excluding carboxylic acids is 2. The van der Waals surface area contributed by atoms with E-state index >= 15 is 0 Å². The summed E-state index contributed by atoms with van der Waals surface area (Å²) in [6.45, 7) is 10.1. The highest BCUT2D eigenvalue weighted by atomic mass is 16.7. The van der Waals surface area contributed by atoms with E-state index in [1.807, 2.05) is 73.6 Å². The van der Waals surface area contributed by atoms with Gasteiger partial charge in [-0.25, -0.2) is 0 Å². The predicted molar refractivity (Wildman–Crippen MR) is 205 cm³/mol. The Morgan fingerprint density at radius 1 is 1.08 bits per heavy atom. The molecule has 3 aromatic carbocycles. The van der Waals surface area contributed by atoms with E-state index in [0.29, 0.717) is 47.6 Å². The summed E-state index contributed by atoms with van der Waals surface area (Å²) in [5.74, 6) is 1.40. The van der Waals surface area contributed by atoms with Crippen molar-refractivity contribution in [3.8, 4) is 16.9 Å². The van der Waals surface area contributed by atoms with Gasteiger partial charge < -0.3 is 30.7 Å². The minimum Gasteiger partial charge on any atom is -0.496 e. The summed E-state index contributed by atoms with van der Waals surface area (Å²) < 4.78 is 6.09. The summed E-state index contributed by atoms with van der Waals surface area (Å²) in [6.07, 6.45) is 0.941. The number of nitrogens with zero attached hydrogens (tertiary/aromatic N) is 2. The fourth-order valence-electron chi connectivity index (χ4n) is 9.10. The van der Waals surface area contributed by atoms with E-state index < -0.39 is 24.2 Å². The molecule has 280 valence electrons. The molecule has 1 heterocycles. The van der Waals surface area contributed by atoms with Gasteiger partial charge in [0, 0.05) is 68.6 Å². The number of aliphatic hydroxyl groups is 1. The number of nitrogens with one attached hydrogen (secondary N) is 3. The summed E-state index contributed by atoms with van der Waals surface area (Å²) in [4.78, 5) is 35.9. The van der Waals surface area contributed by atoms with Crippen molar-refractivity contribution in [3.05, 3.63) is 83.4 Å². The molecule has 2 amide bonds. The number of rotatable bonds is 13. The molecule has 0 spiro atoms. The molecule has 4 aliphatic rings. The largest absolute Gasteiger partial charge is 0.496 e. The SMILES string of the molecule is CNC(=O)c1cc(-c2cccc(CN3O[C@@H](CNCc4ccccc4)[C@@H]([C@H](C)O)[C@H]3C(=O)N[C@H]3C[C@@H]4C[C@H]([C@@H]3C)C4(C)C)c2OC)cc(N(C)C)c1. The Balaban J connectivity index is 1.31. The Kier molecular flexibility index (Phi) is 11.3. The summed E-state index contributed by atoms with van der Waals surface area (Å²) in [6, 6.07) is 21.2. The van der Waals surface area contributed by atoms with Gasteiger partial charge in [0.2, 0.25) is 5.91 Å². The molecule has 1 saturated heterocycles. The average molecular weight is 712 g/mol. The van der Waals surface area contributed by atoms with Crippen molar-refractivity contribution in [2.24, 2.45) is 29.1 Å². The Hall–Kier alpha value is -3.96. The van der Waals surface area contributed by atoms with Crippen LogP contribution in [0.25, 0.3) is 11.1 Å². The molecule has 4 N–H and O–H groups in total. The van der Waals surface area contributed by atoms with Crippen LogP contribution in [0.3, 0.4) is 0 Å². The standard InChI is InChI=1S/C42H57N5O5/c1-25-34-20-31(42(34,3)4)21-35(25)45-41(50)38-37(26(2)48)36(23-44-22-27-13-10-9-11-14-27)52-47(38)24-28-15-12-16-33(39(28)51-8)29-17-30(40(49)43-5)19-32(18-29)46(6)7/h9-19,25-26,31,34-38,44,48H,20-24H2,1-8H3,(H,43,49)(H,45,50)/t25-,26-,31-,34+,35-,36-,37+,38-/m0/s1. The lowest BCUT2D eigenvalue weighted by molar-refractivity contribution is -0.176. The number of hydrogen-bond acceptors (Lipinski definition) is 8. The lowest BCUT2D eigenvalue weighted by Crippen LogP contribution is -2.62. The van der Waals surface area contributed by atoms with Gasteiger partial charge in [0.1, 0.15) is 11.8 Å². The van der Waals surface area contributed by atoms with Crippen LogP contribution in [0, 0.1) is 29.1 Å². The zero-order chi connectivity index (χ0) is 37.3. The van der Waals surface area contributed by atoms with Gasteiger partial charge >= 0.3 is 0 Å². The highest BCUT2D eigenvalue weighted by molar-refractivity contribution is 5.97. The van der Waals surface area contributed by atoms with Gasteiger partial charge in [0.05, 0.1) is 25.9 Å². The van der Waals surface area contributed by atoms with E-state index in [9.17, 15) is 14.7 Å². The zero-order valence-electron chi connectivity index (χ0n) is 32.0. The number of ether oxygens (including phenoxy) is 1. The van der Waals surface area contributed by atoms with Crippen molar-refractivity contribution in [1.82, 2.24) is 21.0 Å². The molecule has 10 nitrogen and oxygen atoms in total. The lowest BCUT2D eigenvalue weighted by atomic mass is 9.45. The van der Waals surface area contributed by atoms with E-state index in [-0.39, 0.29) is 24.4 Å². The fourth-order valence-corrected chi connectivity index (χ4v) is 9.10. The van der Waals surface area contributed by atoms with Gasteiger partial charge in [0.15, 0.2) is 0 Å². The Morgan fingerprint density at radius 2 is 1.83 bits per heavy atom. The van der Waals surface area contributed by atoms with Crippen molar-refractivity contribution >= 4 is 17.5 Å². The van der Waals surface area contributed by atoms with Gasteiger partial charge in [-0.05, 0) is 72.3 Å². The van der Waals surface area contributed by atoms with Gasteiger partial charge in [0.25, 0.3) is 5.91 Å². The predicted octanol–water partition coefficient (Wildman–Crippen LogP) is 5.25. The van der Waals surface area contributed by atoms with Crippen molar-refractivity contribution in [2.75, 3.05) is 39.7 Å². The Labute approximate surface area is 309 Å². The highest BCUT2D eigenvalue weighted by Gasteiger charge is 2.57. The third-order valence-corrected chi connectivity index (χ3v) is 12.3. The number of aliphatic hydroxyl groups excluding tert-OH is 1. The van der Waals surface area contributed by atoms with Gasteiger partial charge in [-0.3, -0.25) is 14.4 Å². The van der Waals surface area contributed by atoms with Crippen molar-refractivity contribution in [1.29, 1.82) is 0 Å². The van der Waals surface area contributed by atoms with E-state index in [1.54, 1.807) is 26.1 Å². The van der Waals surface area contributed by atoms with E-state index in [2.05, 4.69) is 48.9 Å². The molecule has 7 rings (SSSR count). The molecule has 3 aliphatic carbocycles. The third-order valence-electron chi connectivity index (χ3n) is 12.3. The number of amides is 2. The first-order chi connectivity index (χ1) is 24.8. The van der Waals surface area contributed by atoms with E-state index in [1.165, 1.54) is 6.42 Å². The normalized spacial score (nSPS) is 27.0. The lowest BCUT2D eigenvalue weighted by Gasteiger charge is -2.62. The van der Waals surface area contributed by atoms with Gasteiger partial charge in [-0.1, -0.05) is 69.3 Å². The minimum atomic E-state index is -0.800. The number of benzene rings is 3. The topological polar surface area (TPSA) is 115 Å². The molecule has 8 atom stereocenters. The number of hydrogen-bond donors (Lipinski definition) is 4. The van der Waals surface area contributed by atoms with Crippen LogP contribution in [0.1, 0.15) is 62.0 Å². The van der Waals surface area contributed by atoms with Crippen molar-refractivity contribution in [2.45, 2.75) is 77.9 Å². The number of anilines is 1. The number of methoxy groups -OCH3 is 1. The first-order valence-electron chi connectivity index (χ1n) is 18.7. The summed E-state index contributed by atoms with van der Waals surface area (Å²) in [5, 5.41) is 22.8. The molecular formula is C42H57N5O5. The van der Waals surface area contributed by atoms with Crippen LogP contribution < -0.4 is 25.6 Å². The molecule has 0 aromatic heterocycles. The number of para-hydroxylation sites is 1. The van der Waals surface area contributed by atoms with Crippen LogP contribution in [-0.4, -0.2) is 81.1 Å². The van der Waals surface area contributed by atoms with Crippen LogP contribution in [0.15, 0.2) is 66.7 Å². The van der Waals surface area contributed by atoms with E-state index in [4.69, 9.17) is 9.57 Å². The first kappa shape index (κ1) is 37.8. The quantitative estimate of drug-likeness (QED) is 0.190. The van der Waals surface area contributed by atoms with E-state index in [0.717, 1.165) is 34.4 Å². The fraction of sp³-hybridized carbons (Fsp3) is 0.524. The third kappa shape index (κ3) is 7.44. The number of carbonyl (C=O) groups is 2. The molecule has 4 fully saturated rings. The maximum atomic E-state index is 14.5. The van der Waals surface area contributed by atoms with Gasteiger partial charge in [-0.15, -0.1) is 0 Å². The van der Waals surface area contributed by atoms with Crippen LogP contribution in [0.4, 0.5) is 5.69 Å². The molecule has 2 bridgehead atoms. The summed E-state index contributed by atoms with van der Waals surface area (Å²) in [5.41, 5.74) is 5.34. The molecule has 0 radical (unpaired) electrons. The molecule has 1 aliphatic heterocycles.